The van der Waals surface area contributed by atoms with Crippen LogP contribution in [0.15, 0.2) is 72.6 Å². The Kier molecular flexibility index (Phi) is 7.99. The van der Waals surface area contributed by atoms with Gasteiger partial charge in [0.25, 0.3) is 5.91 Å². The van der Waals surface area contributed by atoms with Gasteiger partial charge in [-0.2, -0.15) is 5.10 Å². The van der Waals surface area contributed by atoms with E-state index in [1.807, 2.05) is 0 Å². The molecule has 1 aliphatic rings. The molecule has 1 aromatic heterocycles. The minimum Gasteiger partial charge on any atom is -0.458 e. The molecule has 0 saturated carbocycles. The summed E-state index contributed by atoms with van der Waals surface area (Å²) in [7, 11) is 0. The third kappa shape index (κ3) is 6.09. The van der Waals surface area contributed by atoms with E-state index in [2.05, 4.69) is 10.4 Å². The van der Waals surface area contributed by atoms with Crippen molar-refractivity contribution in [1.29, 1.82) is 0 Å². The first-order chi connectivity index (χ1) is 17.3. The number of hydrogen-bond donors (Lipinski definition) is 3. The van der Waals surface area contributed by atoms with Crippen molar-refractivity contribution < 1.29 is 28.9 Å². The molecule has 9 nitrogen and oxygen atoms in total. The third-order valence-corrected chi connectivity index (χ3v) is 5.83. The molecule has 3 N–H and O–H groups in total. The number of carbonyl (C=O) groups excluding carboxylic acids is 2. The molecule has 1 aliphatic heterocycles. The highest BCUT2D eigenvalue weighted by atomic mass is 35.5. The first-order valence-electron chi connectivity index (χ1n) is 11.1. The van der Waals surface area contributed by atoms with Gasteiger partial charge in [-0.3, -0.25) is 14.3 Å². The third-order valence-electron chi connectivity index (χ3n) is 5.52. The Morgan fingerprint density at radius 3 is 2.69 bits per heavy atom. The van der Waals surface area contributed by atoms with Crippen molar-refractivity contribution in [3.63, 3.8) is 0 Å². The van der Waals surface area contributed by atoms with E-state index in [9.17, 15) is 19.1 Å². The minimum absolute atomic E-state index is 0.0201. The van der Waals surface area contributed by atoms with Crippen LogP contribution in [0.3, 0.4) is 0 Å². The maximum absolute atomic E-state index is 14.4. The van der Waals surface area contributed by atoms with Crippen molar-refractivity contribution >= 4 is 29.2 Å². The summed E-state index contributed by atoms with van der Waals surface area (Å²) in [6.45, 7) is -0.426. The maximum Gasteiger partial charge on any atom is 0.251 e. The van der Waals surface area contributed by atoms with Crippen LogP contribution in [0.25, 0.3) is 0 Å². The molecule has 0 radical (unpaired) electrons. The standard InChI is InChI=1S/C25H24ClFN4O5/c26-19-6-2-4-8-22(19)36-18-12-24(34)31(14-18)21(11-16-5-1-3-7-20(16)27)25(35)28-23-9-10-30(29-23)13-17(33)15-32/h1-10,12,17,21,32-33H,11,13-15H2,(H,28,29,35). The van der Waals surface area contributed by atoms with Crippen molar-refractivity contribution in [3.05, 3.63) is 89.0 Å². The molecule has 2 unspecified atom stereocenters. The van der Waals surface area contributed by atoms with Gasteiger partial charge in [0.2, 0.25) is 5.91 Å². The zero-order valence-electron chi connectivity index (χ0n) is 19.1. The van der Waals surface area contributed by atoms with E-state index in [0.29, 0.717) is 16.5 Å². The molecule has 0 bridgehead atoms. The Morgan fingerprint density at radius 1 is 1.19 bits per heavy atom. The summed E-state index contributed by atoms with van der Waals surface area (Å²) in [6, 6.07) is 13.3. The number of anilines is 1. The first-order valence-corrected chi connectivity index (χ1v) is 11.5. The van der Waals surface area contributed by atoms with E-state index < -0.39 is 36.4 Å². The molecule has 0 saturated heterocycles. The molecule has 11 heteroatoms. The van der Waals surface area contributed by atoms with Crippen molar-refractivity contribution in [1.82, 2.24) is 14.7 Å². The van der Waals surface area contributed by atoms with Crippen molar-refractivity contribution in [2.75, 3.05) is 18.5 Å². The number of benzene rings is 2. The molecule has 2 heterocycles. The fourth-order valence-electron chi connectivity index (χ4n) is 3.74. The van der Waals surface area contributed by atoms with E-state index in [1.165, 1.54) is 34.0 Å². The van der Waals surface area contributed by atoms with E-state index >= 15 is 0 Å². The van der Waals surface area contributed by atoms with Crippen molar-refractivity contribution in [2.45, 2.75) is 25.1 Å². The van der Waals surface area contributed by atoms with Crippen LogP contribution in [-0.2, 0) is 22.6 Å². The molecule has 2 atom stereocenters. The number of aromatic nitrogens is 2. The van der Waals surface area contributed by atoms with E-state index in [0.717, 1.165) is 0 Å². The average Bonchev–Trinajstić information content (AvgIpc) is 3.45. The molecule has 188 valence electrons. The molecule has 4 rings (SSSR count). The predicted octanol–water partition coefficient (Wildman–Crippen LogP) is 2.38. The number of carbonyl (C=O) groups is 2. The fraction of sp³-hybridized carbons (Fsp3) is 0.240. The maximum atomic E-state index is 14.4. The molecule has 3 aromatic rings. The lowest BCUT2D eigenvalue weighted by atomic mass is 10.0. The summed E-state index contributed by atoms with van der Waals surface area (Å²) in [5.41, 5.74) is 0.266. The minimum atomic E-state index is -1.08. The van der Waals surface area contributed by atoms with E-state index in [4.69, 9.17) is 21.4 Å². The van der Waals surface area contributed by atoms with E-state index in [1.54, 1.807) is 42.5 Å². The lowest BCUT2D eigenvalue weighted by Gasteiger charge is -2.27. The molecule has 36 heavy (non-hydrogen) atoms. The summed E-state index contributed by atoms with van der Waals surface area (Å²) >= 11 is 6.15. The Morgan fingerprint density at radius 2 is 1.94 bits per heavy atom. The number of para-hydroxylation sites is 1. The van der Waals surface area contributed by atoms with Crippen LogP contribution in [0, 0.1) is 5.82 Å². The Hall–Kier alpha value is -3.73. The quantitative estimate of drug-likeness (QED) is 0.382. The second-order valence-electron chi connectivity index (χ2n) is 8.17. The van der Waals surface area contributed by atoms with Crippen LogP contribution in [0.2, 0.25) is 5.02 Å². The van der Waals surface area contributed by atoms with Gasteiger partial charge >= 0.3 is 0 Å². The number of aliphatic hydroxyl groups is 2. The molecule has 2 aromatic carbocycles. The summed E-state index contributed by atoms with van der Waals surface area (Å²) in [5, 5.41) is 25.8. The smallest absolute Gasteiger partial charge is 0.251 e. The SMILES string of the molecule is O=C(Nc1ccn(CC(O)CO)n1)C(Cc1ccccc1F)N1CC(Oc2ccccc2Cl)=CC1=O. The van der Waals surface area contributed by atoms with Crippen molar-refractivity contribution in [3.8, 4) is 5.75 Å². The van der Waals surface area contributed by atoms with Crippen LogP contribution in [0.1, 0.15) is 5.56 Å². The van der Waals surface area contributed by atoms with Crippen LogP contribution in [0.5, 0.6) is 5.75 Å². The van der Waals surface area contributed by atoms with Gasteiger partial charge in [-0.1, -0.05) is 41.9 Å². The van der Waals surface area contributed by atoms with Crippen LogP contribution < -0.4 is 10.1 Å². The van der Waals surface area contributed by atoms with Gasteiger partial charge < -0.3 is 25.2 Å². The van der Waals surface area contributed by atoms with Gasteiger partial charge in [0, 0.05) is 24.8 Å². The lowest BCUT2D eigenvalue weighted by molar-refractivity contribution is -0.133. The topological polar surface area (TPSA) is 117 Å². The van der Waals surface area contributed by atoms with Gasteiger partial charge in [0.15, 0.2) is 5.82 Å². The summed E-state index contributed by atoms with van der Waals surface area (Å²) in [4.78, 5) is 27.5. The molecule has 0 fully saturated rings. The Balaban J connectivity index is 1.53. The van der Waals surface area contributed by atoms with Crippen LogP contribution in [0.4, 0.5) is 10.2 Å². The summed E-state index contributed by atoms with van der Waals surface area (Å²) in [6.07, 6.45) is 1.71. The van der Waals surface area contributed by atoms with Gasteiger partial charge in [-0.15, -0.1) is 0 Å². The highest BCUT2D eigenvalue weighted by Gasteiger charge is 2.35. The van der Waals surface area contributed by atoms with Crippen LogP contribution in [-0.4, -0.2) is 62.0 Å². The molecule has 0 aliphatic carbocycles. The average molecular weight is 515 g/mol. The van der Waals surface area contributed by atoms with Gasteiger partial charge in [-0.05, 0) is 23.8 Å². The normalized spacial score (nSPS) is 14.9. The molecular weight excluding hydrogens is 491 g/mol. The molecular formula is C25H24ClFN4O5. The lowest BCUT2D eigenvalue weighted by Crippen LogP contribution is -2.47. The van der Waals surface area contributed by atoms with Crippen LogP contribution >= 0.6 is 11.6 Å². The molecule has 0 spiro atoms. The fourth-order valence-corrected chi connectivity index (χ4v) is 3.91. The largest absolute Gasteiger partial charge is 0.458 e. The summed E-state index contributed by atoms with van der Waals surface area (Å²) in [5.74, 6) is -0.704. The van der Waals surface area contributed by atoms with Gasteiger partial charge in [0.05, 0.1) is 30.8 Å². The number of rotatable bonds is 10. The second-order valence-corrected chi connectivity index (χ2v) is 8.58. The number of ether oxygens (including phenoxy) is 1. The number of hydrogen-bond acceptors (Lipinski definition) is 6. The monoisotopic (exact) mass is 514 g/mol. The summed E-state index contributed by atoms with van der Waals surface area (Å²) < 4.78 is 21.6. The highest BCUT2D eigenvalue weighted by Crippen LogP contribution is 2.28. The van der Waals surface area contributed by atoms with E-state index in [-0.39, 0.29) is 30.9 Å². The Labute approximate surface area is 211 Å². The number of aliphatic hydroxyl groups excluding tert-OH is 2. The molecule has 2 amide bonds. The number of nitrogens with zero attached hydrogens (tertiary/aromatic N) is 3. The number of nitrogens with one attached hydrogen (secondary N) is 1. The van der Waals surface area contributed by atoms with Crippen molar-refractivity contribution in [2.24, 2.45) is 0 Å². The second kappa shape index (κ2) is 11.3. The van der Waals surface area contributed by atoms with Gasteiger partial charge in [0.1, 0.15) is 23.4 Å². The zero-order valence-corrected chi connectivity index (χ0v) is 19.8. The highest BCUT2D eigenvalue weighted by molar-refractivity contribution is 6.32. The number of halogens is 2. The zero-order chi connectivity index (χ0) is 25.7. The number of amides is 2. The predicted molar refractivity (Wildman–Crippen MR) is 130 cm³/mol. The first kappa shape index (κ1) is 25.4. The van der Waals surface area contributed by atoms with Gasteiger partial charge in [-0.25, -0.2) is 4.39 Å². The Bertz CT molecular complexity index is 1280.